The van der Waals surface area contributed by atoms with Crippen LogP contribution in [0.15, 0.2) is 54.1 Å². The molecule has 0 fully saturated rings. The summed E-state index contributed by atoms with van der Waals surface area (Å²) in [6, 6.07) is 14.2. The quantitative estimate of drug-likeness (QED) is 0.686. The number of aryl methyl sites for hydroxylation is 2. The van der Waals surface area contributed by atoms with Crippen LogP contribution in [0.3, 0.4) is 0 Å². The minimum absolute atomic E-state index is 0.149. The maximum Gasteiger partial charge on any atom is 0.230 e. The van der Waals surface area contributed by atoms with E-state index in [4.69, 9.17) is 9.97 Å². The van der Waals surface area contributed by atoms with E-state index in [0.29, 0.717) is 11.5 Å². The summed E-state index contributed by atoms with van der Waals surface area (Å²) in [5, 5.41) is 2.90. The molecule has 1 amide bonds. The predicted octanol–water partition coefficient (Wildman–Crippen LogP) is 4.99. The molecule has 0 saturated carbocycles. The van der Waals surface area contributed by atoms with E-state index in [9.17, 15) is 9.18 Å². The van der Waals surface area contributed by atoms with Crippen LogP contribution >= 0.6 is 0 Å². The fourth-order valence-corrected chi connectivity index (χ4v) is 3.53. The minimum atomic E-state index is -0.319. The van der Waals surface area contributed by atoms with E-state index in [2.05, 4.69) is 17.4 Å². The van der Waals surface area contributed by atoms with Crippen LogP contribution in [0.2, 0.25) is 0 Å². The molecule has 4 nitrogen and oxygen atoms in total. The number of anilines is 1. The molecule has 1 N–H and O–H groups in total. The van der Waals surface area contributed by atoms with Crippen LogP contribution in [-0.2, 0) is 24.1 Å². The predicted molar refractivity (Wildman–Crippen MR) is 113 cm³/mol. The summed E-state index contributed by atoms with van der Waals surface area (Å²) >= 11 is 0. The fraction of sp³-hybridized carbons (Fsp3) is 0.208. The van der Waals surface area contributed by atoms with E-state index in [-0.39, 0.29) is 18.1 Å². The number of hydrogen-bond acceptors (Lipinski definition) is 3. The zero-order valence-electron chi connectivity index (χ0n) is 16.5. The smallest absolute Gasteiger partial charge is 0.230 e. The van der Waals surface area contributed by atoms with Crippen molar-refractivity contribution >= 4 is 17.8 Å². The van der Waals surface area contributed by atoms with Gasteiger partial charge in [0.2, 0.25) is 5.91 Å². The number of rotatable bonds is 4. The molecule has 0 unspecified atom stereocenters. The van der Waals surface area contributed by atoms with Gasteiger partial charge in [0.05, 0.1) is 17.8 Å². The van der Waals surface area contributed by atoms with Crippen LogP contribution < -0.4 is 5.32 Å². The van der Waals surface area contributed by atoms with Gasteiger partial charge in [-0.05, 0) is 56.0 Å². The molecule has 146 valence electrons. The lowest BCUT2D eigenvalue weighted by atomic mass is 9.92. The van der Waals surface area contributed by atoms with Crippen LogP contribution in [0.25, 0.3) is 17.3 Å². The fourth-order valence-electron chi connectivity index (χ4n) is 3.53. The molecule has 1 aromatic heterocycles. The third kappa shape index (κ3) is 4.24. The Morgan fingerprint density at radius 2 is 1.83 bits per heavy atom. The van der Waals surface area contributed by atoms with Gasteiger partial charge in [-0.25, -0.2) is 14.4 Å². The topological polar surface area (TPSA) is 54.9 Å². The van der Waals surface area contributed by atoms with Gasteiger partial charge in [0, 0.05) is 5.56 Å². The Labute approximate surface area is 169 Å². The summed E-state index contributed by atoms with van der Waals surface area (Å²) in [5.74, 6) is -0.0530. The standard InChI is InChI=1S/C24H22FN3O/c1-15(2)13-21-24(28-22(29)14-16-7-10-18(25)11-8-16)27-20-12-9-17-5-3-4-6-19(17)23(20)26-21/h3-8,10-11,13H,9,12,14H2,1-2H3,(H,27,28,29). The van der Waals surface area contributed by atoms with E-state index in [1.807, 2.05) is 32.1 Å². The summed E-state index contributed by atoms with van der Waals surface area (Å²) in [7, 11) is 0. The monoisotopic (exact) mass is 387 g/mol. The Hall–Kier alpha value is -3.34. The number of nitrogens with zero attached hydrogens (tertiary/aromatic N) is 2. The number of amides is 1. The number of nitrogens with one attached hydrogen (secondary N) is 1. The number of fused-ring (bicyclic) bond motifs is 3. The Morgan fingerprint density at radius 3 is 2.59 bits per heavy atom. The number of halogens is 1. The number of carbonyl (C=O) groups excluding carboxylic acids is 1. The van der Waals surface area contributed by atoms with Gasteiger partial charge < -0.3 is 5.32 Å². The summed E-state index contributed by atoms with van der Waals surface area (Å²) in [5.41, 5.74) is 6.61. The van der Waals surface area contributed by atoms with Gasteiger partial charge in [-0.2, -0.15) is 0 Å². The highest BCUT2D eigenvalue weighted by atomic mass is 19.1. The highest BCUT2D eigenvalue weighted by Gasteiger charge is 2.21. The molecule has 0 saturated heterocycles. The van der Waals surface area contributed by atoms with Crippen molar-refractivity contribution in [3.63, 3.8) is 0 Å². The van der Waals surface area contributed by atoms with E-state index < -0.39 is 0 Å². The summed E-state index contributed by atoms with van der Waals surface area (Å²) in [6.45, 7) is 3.97. The van der Waals surface area contributed by atoms with E-state index in [0.717, 1.165) is 40.9 Å². The molecule has 0 atom stereocenters. The largest absolute Gasteiger partial charge is 0.309 e. The number of aromatic nitrogens is 2. The third-order valence-electron chi connectivity index (χ3n) is 4.86. The van der Waals surface area contributed by atoms with Crippen LogP contribution in [0.1, 0.15) is 36.4 Å². The average Bonchev–Trinajstić information content (AvgIpc) is 2.70. The molecular weight excluding hydrogens is 365 g/mol. The van der Waals surface area contributed by atoms with Crippen molar-refractivity contribution in [2.75, 3.05) is 5.32 Å². The first kappa shape index (κ1) is 19.0. The van der Waals surface area contributed by atoms with Crippen LogP contribution in [0.5, 0.6) is 0 Å². The van der Waals surface area contributed by atoms with Crippen LogP contribution in [-0.4, -0.2) is 15.9 Å². The zero-order chi connectivity index (χ0) is 20.4. The van der Waals surface area contributed by atoms with Gasteiger partial charge in [-0.1, -0.05) is 42.0 Å². The Bertz CT molecular complexity index is 1100. The van der Waals surface area contributed by atoms with E-state index >= 15 is 0 Å². The van der Waals surface area contributed by atoms with Crippen molar-refractivity contribution in [1.29, 1.82) is 0 Å². The van der Waals surface area contributed by atoms with Gasteiger partial charge >= 0.3 is 0 Å². The van der Waals surface area contributed by atoms with Crippen molar-refractivity contribution in [3.8, 4) is 11.3 Å². The molecule has 0 aliphatic heterocycles. The molecule has 0 spiro atoms. The average molecular weight is 387 g/mol. The van der Waals surface area contributed by atoms with Gasteiger partial charge in [0.1, 0.15) is 11.5 Å². The first-order chi connectivity index (χ1) is 14.0. The van der Waals surface area contributed by atoms with Crippen molar-refractivity contribution in [2.24, 2.45) is 0 Å². The summed E-state index contributed by atoms with van der Waals surface area (Å²) < 4.78 is 13.1. The lowest BCUT2D eigenvalue weighted by Crippen LogP contribution is -2.19. The third-order valence-corrected chi connectivity index (χ3v) is 4.86. The van der Waals surface area contributed by atoms with E-state index in [1.165, 1.54) is 17.7 Å². The first-order valence-electron chi connectivity index (χ1n) is 9.68. The maximum absolute atomic E-state index is 13.1. The molecule has 5 heteroatoms. The van der Waals surface area contributed by atoms with Crippen LogP contribution in [0.4, 0.5) is 10.2 Å². The molecular formula is C24H22FN3O. The second kappa shape index (κ2) is 7.95. The zero-order valence-corrected chi connectivity index (χ0v) is 16.5. The second-order valence-electron chi connectivity index (χ2n) is 7.48. The molecule has 0 bridgehead atoms. The molecule has 3 aromatic rings. The molecule has 0 radical (unpaired) electrons. The molecule has 4 rings (SSSR count). The molecule has 29 heavy (non-hydrogen) atoms. The molecule has 1 heterocycles. The first-order valence-corrected chi connectivity index (χ1v) is 9.68. The maximum atomic E-state index is 13.1. The Kier molecular flexibility index (Phi) is 5.21. The van der Waals surface area contributed by atoms with Gasteiger partial charge in [0.15, 0.2) is 5.82 Å². The Morgan fingerprint density at radius 1 is 1.07 bits per heavy atom. The summed E-state index contributed by atoms with van der Waals surface area (Å²) in [6.07, 6.45) is 3.77. The number of carbonyl (C=O) groups is 1. The molecule has 2 aromatic carbocycles. The second-order valence-corrected chi connectivity index (χ2v) is 7.48. The highest BCUT2D eigenvalue weighted by Crippen LogP contribution is 2.33. The normalized spacial score (nSPS) is 12.0. The number of allylic oxidation sites excluding steroid dienone is 1. The van der Waals surface area contributed by atoms with Gasteiger partial charge in [0.25, 0.3) is 0 Å². The van der Waals surface area contributed by atoms with Gasteiger partial charge in [-0.15, -0.1) is 0 Å². The number of benzene rings is 2. The Balaban J connectivity index is 1.67. The van der Waals surface area contributed by atoms with Gasteiger partial charge in [-0.3, -0.25) is 4.79 Å². The summed E-state index contributed by atoms with van der Waals surface area (Å²) in [4.78, 5) is 22.2. The minimum Gasteiger partial charge on any atom is -0.309 e. The van der Waals surface area contributed by atoms with Crippen molar-refractivity contribution in [1.82, 2.24) is 9.97 Å². The van der Waals surface area contributed by atoms with Crippen molar-refractivity contribution in [3.05, 3.63) is 82.4 Å². The molecule has 1 aliphatic rings. The SMILES string of the molecule is CC(C)=Cc1nc2c(nc1NC(=O)Cc1ccc(F)cc1)CCc1ccccc1-2. The lowest BCUT2D eigenvalue weighted by Gasteiger charge is -2.20. The number of hydrogen-bond donors (Lipinski definition) is 1. The molecule has 1 aliphatic carbocycles. The van der Waals surface area contributed by atoms with Crippen molar-refractivity contribution in [2.45, 2.75) is 33.1 Å². The van der Waals surface area contributed by atoms with Crippen LogP contribution in [0, 0.1) is 5.82 Å². The van der Waals surface area contributed by atoms with Crippen molar-refractivity contribution < 1.29 is 9.18 Å². The highest BCUT2D eigenvalue weighted by molar-refractivity contribution is 5.93. The lowest BCUT2D eigenvalue weighted by molar-refractivity contribution is -0.115. The van der Waals surface area contributed by atoms with E-state index in [1.54, 1.807) is 12.1 Å².